The lowest BCUT2D eigenvalue weighted by Crippen LogP contribution is -2.30. The number of hydrogen-bond donors (Lipinski definition) is 1. The van der Waals surface area contributed by atoms with Crippen LogP contribution in [0, 0.1) is 17.2 Å². The van der Waals surface area contributed by atoms with Crippen LogP contribution >= 0.6 is 0 Å². The molecule has 0 fully saturated rings. The van der Waals surface area contributed by atoms with Crippen LogP contribution in [0.5, 0.6) is 0 Å². The Morgan fingerprint density at radius 3 is 2.68 bits per heavy atom. The molecule has 0 saturated heterocycles. The molecule has 1 rings (SSSR count). The first-order valence-corrected chi connectivity index (χ1v) is 7.41. The van der Waals surface area contributed by atoms with Gasteiger partial charge in [-0.15, -0.1) is 0 Å². The molecule has 1 unspecified atom stereocenters. The van der Waals surface area contributed by atoms with E-state index >= 15 is 0 Å². The third kappa shape index (κ3) is 3.91. The molecule has 104 valence electrons. The molecule has 19 heavy (non-hydrogen) atoms. The maximum absolute atomic E-state index is 12.2. The molecule has 0 saturated carbocycles. The Labute approximate surface area is 114 Å². The van der Waals surface area contributed by atoms with Crippen molar-refractivity contribution in [2.45, 2.75) is 18.7 Å². The third-order valence-corrected chi connectivity index (χ3v) is 4.36. The molecule has 1 heterocycles. The molecule has 0 aliphatic carbocycles. The zero-order chi connectivity index (χ0) is 14.5. The van der Waals surface area contributed by atoms with Gasteiger partial charge in [-0.1, -0.05) is 0 Å². The van der Waals surface area contributed by atoms with E-state index < -0.39 is 10.0 Å². The normalized spacial score (nSPS) is 13.0. The summed E-state index contributed by atoms with van der Waals surface area (Å²) in [5, 5.41) is 11.7. The van der Waals surface area contributed by atoms with Gasteiger partial charge in [-0.25, -0.2) is 13.4 Å². The fourth-order valence-electron chi connectivity index (χ4n) is 1.52. The number of rotatable bonds is 6. The van der Waals surface area contributed by atoms with Gasteiger partial charge in [0.25, 0.3) is 0 Å². The number of nitrogens with zero attached hydrogens (tertiary/aromatic N) is 3. The van der Waals surface area contributed by atoms with Gasteiger partial charge in [-0.05, 0) is 26.0 Å². The van der Waals surface area contributed by atoms with Crippen molar-refractivity contribution < 1.29 is 8.42 Å². The Morgan fingerprint density at radius 2 is 2.21 bits per heavy atom. The summed E-state index contributed by atoms with van der Waals surface area (Å²) in [6.07, 6.45) is 1.32. The van der Waals surface area contributed by atoms with Gasteiger partial charge in [-0.3, -0.25) is 0 Å². The highest BCUT2D eigenvalue weighted by Crippen LogP contribution is 2.16. The minimum absolute atomic E-state index is 0.127. The van der Waals surface area contributed by atoms with E-state index in [2.05, 4.69) is 10.3 Å². The van der Waals surface area contributed by atoms with Crippen LogP contribution in [0.4, 0.5) is 5.82 Å². The smallest absolute Gasteiger partial charge is 0.244 e. The largest absolute Gasteiger partial charge is 0.370 e. The van der Waals surface area contributed by atoms with Gasteiger partial charge in [0.1, 0.15) is 10.7 Å². The van der Waals surface area contributed by atoms with Crippen molar-refractivity contribution in [3.8, 4) is 6.07 Å². The van der Waals surface area contributed by atoms with Crippen LogP contribution in [0.2, 0.25) is 0 Å². The molecule has 0 aliphatic rings. The summed E-state index contributed by atoms with van der Waals surface area (Å²) in [7, 11) is -2.12. The molecule has 0 spiro atoms. The predicted octanol–water partition coefficient (Wildman–Crippen LogP) is 1.29. The van der Waals surface area contributed by atoms with E-state index in [0.717, 1.165) is 6.54 Å². The molecular weight excluding hydrogens is 264 g/mol. The number of nitrogens with one attached hydrogen (secondary N) is 1. The molecule has 1 N–H and O–H groups in total. The summed E-state index contributed by atoms with van der Waals surface area (Å²) >= 11 is 0. The first-order valence-electron chi connectivity index (χ1n) is 5.97. The number of pyridine rings is 1. The highest BCUT2D eigenvalue weighted by atomic mass is 32.2. The summed E-state index contributed by atoms with van der Waals surface area (Å²) in [6.45, 7) is 4.49. The molecule has 6 nitrogen and oxygen atoms in total. The Hall–Kier alpha value is -1.65. The highest BCUT2D eigenvalue weighted by Gasteiger charge is 2.22. The number of hydrogen-bond acceptors (Lipinski definition) is 5. The highest BCUT2D eigenvalue weighted by molar-refractivity contribution is 7.89. The maximum atomic E-state index is 12.2. The molecular formula is C12H18N4O2S. The van der Waals surface area contributed by atoms with Crippen molar-refractivity contribution in [3.63, 3.8) is 0 Å². The Kier molecular flexibility index (Phi) is 5.27. The minimum atomic E-state index is -3.58. The van der Waals surface area contributed by atoms with Gasteiger partial charge in [0.15, 0.2) is 0 Å². The fourth-order valence-corrected chi connectivity index (χ4v) is 2.73. The SMILES string of the molecule is CCNc1ccc(S(=O)(=O)N(C)CC(C)C#N)cn1. The Bertz CT molecular complexity index is 548. The zero-order valence-electron chi connectivity index (χ0n) is 11.3. The molecule has 0 bridgehead atoms. The second-order valence-electron chi connectivity index (χ2n) is 4.23. The van der Waals surface area contributed by atoms with Gasteiger partial charge in [0, 0.05) is 26.3 Å². The van der Waals surface area contributed by atoms with Gasteiger partial charge < -0.3 is 5.32 Å². The van der Waals surface area contributed by atoms with E-state index in [0.29, 0.717) is 5.82 Å². The molecule has 1 aromatic rings. The third-order valence-electron chi connectivity index (χ3n) is 2.55. The predicted molar refractivity (Wildman–Crippen MR) is 73.0 cm³/mol. The van der Waals surface area contributed by atoms with Crippen LogP contribution < -0.4 is 5.32 Å². The van der Waals surface area contributed by atoms with Crippen LogP contribution in [0.15, 0.2) is 23.2 Å². The zero-order valence-corrected chi connectivity index (χ0v) is 12.1. The quantitative estimate of drug-likeness (QED) is 0.849. The van der Waals surface area contributed by atoms with E-state index in [-0.39, 0.29) is 17.4 Å². The first-order chi connectivity index (χ1) is 8.91. The summed E-state index contributed by atoms with van der Waals surface area (Å²) in [5.41, 5.74) is 0. The van der Waals surface area contributed by atoms with Crippen molar-refractivity contribution in [2.75, 3.05) is 25.5 Å². The molecule has 0 aromatic carbocycles. The fraction of sp³-hybridized carbons (Fsp3) is 0.500. The second-order valence-corrected chi connectivity index (χ2v) is 6.27. The molecule has 0 aliphatic heterocycles. The topological polar surface area (TPSA) is 86.1 Å². The molecule has 0 radical (unpaired) electrons. The summed E-state index contributed by atoms with van der Waals surface area (Å²) in [5.74, 6) is 0.281. The lowest BCUT2D eigenvalue weighted by Gasteiger charge is -2.18. The van der Waals surface area contributed by atoms with Crippen LogP contribution in [-0.4, -0.2) is 37.8 Å². The van der Waals surface area contributed by atoms with Gasteiger partial charge in [0.05, 0.1) is 12.0 Å². The lowest BCUT2D eigenvalue weighted by atomic mass is 10.2. The maximum Gasteiger partial charge on any atom is 0.244 e. The van der Waals surface area contributed by atoms with E-state index in [1.807, 2.05) is 13.0 Å². The number of aromatic nitrogens is 1. The number of nitriles is 1. The monoisotopic (exact) mass is 282 g/mol. The van der Waals surface area contributed by atoms with E-state index in [9.17, 15) is 8.42 Å². The van der Waals surface area contributed by atoms with Gasteiger partial charge in [0.2, 0.25) is 10.0 Å². The van der Waals surface area contributed by atoms with Crippen LogP contribution in [0.1, 0.15) is 13.8 Å². The first kappa shape index (κ1) is 15.4. The molecule has 1 aromatic heterocycles. The summed E-state index contributed by atoms with van der Waals surface area (Å²) in [6, 6.07) is 5.14. The average molecular weight is 282 g/mol. The van der Waals surface area contributed by atoms with Gasteiger partial charge >= 0.3 is 0 Å². The lowest BCUT2D eigenvalue weighted by molar-refractivity contribution is 0.439. The van der Waals surface area contributed by atoms with E-state index in [1.54, 1.807) is 13.0 Å². The van der Waals surface area contributed by atoms with Crippen LogP contribution in [-0.2, 0) is 10.0 Å². The Balaban J connectivity index is 2.91. The standard InChI is InChI=1S/C12H18N4O2S/c1-4-14-12-6-5-11(8-15-12)19(17,18)16(3)9-10(2)7-13/h5-6,8,10H,4,9H2,1-3H3,(H,14,15). The van der Waals surface area contributed by atoms with Crippen molar-refractivity contribution >= 4 is 15.8 Å². The van der Waals surface area contributed by atoms with Crippen molar-refractivity contribution in [3.05, 3.63) is 18.3 Å². The van der Waals surface area contributed by atoms with Crippen molar-refractivity contribution in [1.82, 2.24) is 9.29 Å². The van der Waals surface area contributed by atoms with E-state index in [4.69, 9.17) is 5.26 Å². The summed E-state index contributed by atoms with van der Waals surface area (Å²) in [4.78, 5) is 4.16. The molecule has 7 heteroatoms. The van der Waals surface area contributed by atoms with Gasteiger partial charge in [-0.2, -0.15) is 9.57 Å². The summed E-state index contributed by atoms with van der Waals surface area (Å²) < 4.78 is 25.6. The van der Waals surface area contributed by atoms with E-state index in [1.165, 1.54) is 23.6 Å². The van der Waals surface area contributed by atoms with Crippen LogP contribution in [0.3, 0.4) is 0 Å². The average Bonchev–Trinajstić information content (AvgIpc) is 2.39. The number of anilines is 1. The van der Waals surface area contributed by atoms with Crippen LogP contribution in [0.25, 0.3) is 0 Å². The molecule has 1 atom stereocenters. The van der Waals surface area contributed by atoms with Crippen molar-refractivity contribution in [2.24, 2.45) is 5.92 Å². The van der Waals surface area contributed by atoms with Crippen molar-refractivity contribution in [1.29, 1.82) is 5.26 Å². The minimum Gasteiger partial charge on any atom is -0.370 e. The second kappa shape index (κ2) is 6.50. The molecule has 0 amide bonds. The Morgan fingerprint density at radius 1 is 1.53 bits per heavy atom. The number of sulfonamides is 1.